The van der Waals surface area contributed by atoms with Crippen LogP contribution in [0.2, 0.25) is 5.02 Å². The van der Waals surface area contributed by atoms with Gasteiger partial charge in [0.1, 0.15) is 23.5 Å². The average molecular weight is 552 g/mol. The van der Waals surface area contributed by atoms with Crippen molar-refractivity contribution in [2.75, 3.05) is 10.8 Å². The Kier molecular flexibility index (Phi) is 7.32. The Balaban J connectivity index is 1.79. The maximum Gasteiger partial charge on any atom is 0.264 e. The molecule has 10 heteroatoms. The molecule has 196 valence electrons. The number of carbonyl (C=O) groups excluding carboxylic acids is 1. The van der Waals surface area contributed by atoms with E-state index in [4.69, 9.17) is 16.3 Å². The van der Waals surface area contributed by atoms with E-state index >= 15 is 0 Å². The molecular formula is C27H25ClF3NO4S. The Morgan fingerprint density at radius 3 is 2.54 bits per heavy atom. The maximum absolute atomic E-state index is 14.1. The molecule has 1 aliphatic rings. The molecule has 1 heterocycles. The van der Waals surface area contributed by atoms with E-state index in [0.717, 1.165) is 15.9 Å². The Labute approximate surface area is 218 Å². The molecule has 0 saturated carbocycles. The lowest BCUT2D eigenvalue weighted by atomic mass is 9.99. The van der Waals surface area contributed by atoms with E-state index in [2.05, 4.69) is 0 Å². The highest BCUT2D eigenvalue weighted by atomic mass is 35.5. The highest BCUT2D eigenvalue weighted by molar-refractivity contribution is 7.92. The molecule has 4 rings (SSSR count). The fraction of sp³-hybridized carbons (Fsp3) is 0.296. The van der Waals surface area contributed by atoms with Gasteiger partial charge in [0, 0.05) is 18.1 Å². The van der Waals surface area contributed by atoms with Crippen molar-refractivity contribution in [1.82, 2.24) is 0 Å². The molecule has 3 aromatic carbocycles. The van der Waals surface area contributed by atoms with Crippen molar-refractivity contribution in [3.8, 4) is 16.9 Å². The van der Waals surface area contributed by atoms with Crippen LogP contribution in [0.1, 0.15) is 32.3 Å². The van der Waals surface area contributed by atoms with Crippen molar-refractivity contribution in [2.24, 2.45) is 0 Å². The molecule has 5 nitrogen and oxygen atoms in total. The molecular weight excluding hydrogens is 527 g/mol. The number of halogens is 4. The van der Waals surface area contributed by atoms with Crippen molar-refractivity contribution in [2.45, 2.75) is 50.3 Å². The summed E-state index contributed by atoms with van der Waals surface area (Å²) in [6, 6.07) is 12.5. The summed E-state index contributed by atoms with van der Waals surface area (Å²) in [4.78, 5) is 12.2. The normalized spacial score (nSPS) is 15.8. The van der Waals surface area contributed by atoms with Crippen molar-refractivity contribution in [1.29, 1.82) is 0 Å². The van der Waals surface area contributed by atoms with Crippen LogP contribution in [0, 0.1) is 18.6 Å². The predicted molar refractivity (Wildman–Crippen MR) is 136 cm³/mol. The van der Waals surface area contributed by atoms with Crippen LogP contribution in [0.3, 0.4) is 0 Å². The van der Waals surface area contributed by atoms with Gasteiger partial charge < -0.3 is 4.74 Å². The summed E-state index contributed by atoms with van der Waals surface area (Å²) in [5.41, 5.74) is -0.810. The summed E-state index contributed by atoms with van der Waals surface area (Å²) >= 11 is 6.09. The van der Waals surface area contributed by atoms with Crippen LogP contribution in [0.4, 0.5) is 18.9 Å². The molecule has 0 radical (unpaired) electrons. The summed E-state index contributed by atoms with van der Waals surface area (Å²) in [6.45, 7) is 3.95. The second-order valence-electron chi connectivity index (χ2n) is 9.46. The van der Waals surface area contributed by atoms with Crippen LogP contribution in [-0.4, -0.2) is 32.5 Å². The van der Waals surface area contributed by atoms with E-state index in [0.29, 0.717) is 6.07 Å². The number of rotatable bonds is 7. The van der Waals surface area contributed by atoms with Crippen LogP contribution in [0.15, 0.2) is 59.5 Å². The predicted octanol–water partition coefficient (Wildman–Crippen LogP) is 6.65. The van der Waals surface area contributed by atoms with E-state index in [1.54, 1.807) is 19.1 Å². The number of hydrogen-bond acceptors (Lipinski definition) is 4. The van der Waals surface area contributed by atoms with Crippen molar-refractivity contribution in [3.05, 3.63) is 76.8 Å². The van der Waals surface area contributed by atoms with Gasteiger partial charge in [-0.25, -0.2) is 21.6 Å². The number of anilines is 1. The lowest BCUT2D eigenvalue weighted by molar-refractivity contribution is -0.129. The van der Waals surface area contributed by atoms with Crippen LogP contribution in [0.25, 0.3) is 11.1 Å². The molecule has 0 aliphatic carbocycles. The minimum Gasteiger partial charge on any atom is -0.486 e. The van der Waals surface area contributed by atoms with E-state index in [-0.39, 0.29) is 51.9 Å². The lowest BCUT2D eigenvalue weighted by Crippen LogP contribution is -2.44. The first kappa shape index (κ1) is 27.0. The lowest BCUT2D eigenvalue weighted by Gasteiger charge is -2.36. The SMILES string of the molecule is Cc1cccc(S(=O)(=O)N2C[C@H](CCC(=O)C(C)(C)F)Oc3ccc(-c4cc(F)cc(F)c4Cl)cc32)c1. The van der Waals surface area contributed by atoms with Gasteiger partial charge in [0.25, 0.3) is 10.0 Å². The first-order valence-electron chi connectivity index (χ1n) is 11.5. The zero-order valence-electron chi connectivity index (χ0n) is 20.4. The number of ketones is 1. The highest BCUT2D eigenvalue weighted by Gasteiger charge is 2.36. The van der Waals surface area contributed by atoms with Gasteiger partial charge in [0.2, 0.25) is 0 Å². The molecule has 0 fully saturated rings. The first-order chi connectivity index (χ1) is 17.3. The number of sulfonamides is 1. The average Bonchev–Trinajstić information content (AvgIpc) is 2.83. The van der Waals surface area contributed by atoms with Crippen LogP contribution >= 0.6 is 11.6 Å². The van der Waals surface area contributed by atoms with Crippen LogP contribution in [0.5, 0.6) is 5.75 Å². The molecule has 0 amide bonds. The molecule has 3 aromatic rings. The standard InChI is InChI=1S/C27H25ClF3NO4S/c1-16-5-4-6-20(11-16)37(34,35)32-15-19(8-10-25(33)27(2,3)31)36-24-9-7-17(12-23(24)32)21-13-18(29)14-22(30)26(21)28/h4-7,9,11-14,19H,8,10,15H2,1-3H3/t19-/m0/s1. The summed E-state index contributed by atoms with van der Waals surface area (Å²) in [6.07, 6.45) is -0.786. The number of hydrogen-bond donors (Lipinski definition) is 0. The Morgan fingerprint density at radius 1 is 1.14 bits per heavy atom. The van der Waals surface area contributed by atoms with Gasteiger partial charge in [-0.2, -0.15) is 0 Å². The van der Waals surface area contributed by atoms with Gasteiger partial charge in [0.15, 0.2) is 11.5 Å². The third-order valence-corrected chi connectivity index (χ3v) is 8.29. The van der Waals surface area contributed by atoms with Gasteiger partial charge in [-0.3, -0.25) is 9.10 Å². The molecule has 37 heavy (non-hydrogen) atoms. The monoisotopic (exact) mass is 551 g/mol. The van der Waals surface area contributed by atoms with Gasteiger partial charge in [0.05, 0.1) is 22.2 Å². The summed E-state index contributed by atoms with van der Waals surface area (Å²) < 4.78 is 76.8. The zero-order chi connectivity index (χ0) is 27.1. The van der Waals surface area contributed by atoms with Gasteiger partial charge in [-0.05, 0) is 68.7 Å². The number of ether oxygens (including phenoxy) is 1. The Hall–Kier alpha value is -3.04. The third kappa shape index (κ3) is 5.62. The molecule has 1 atom stereocenters. The smallest absolute Gasteiger partial charge is 0.264 e. The van der Waals surface area contributed by atoms with Gasteiger partial charge in [-0.1, -0.05) is 29.8 Å². The molecule has 0 N–H and O–H groups in total. The van der Waals surface area contributed by atoms with Gasteiger partial charge in [-0.15, -0.1) is 0 Å². The molecule has 0 bridgehead atoms. The van der Waals surface area contributed by atoms with E-state index in [1.165, 1.54) is 44.2 Å². The number of aryl methyl sites for hydroxylation is 1. The molecule has 1 aliphatic heterocycles. The summed E-state index contributed by atoms with van der Waals surface area (Å²) in [5.74, 6) is -2.21. The van der Waals surface area contributed by atoms with Crippen molar-refractivity contribution in [3.63, 3.8) is 0 Å². The fourth-order valence-corrected chi connectivity index (χ4v) is 5.94. The number of carbonyl (C=O) groups is 1. The first-order valence-corrected chi connectivity index (χ1v) is 13.4. The van der Waals surface area contributed by atoms with Crippen molar-refractivity contribution >= 4 is 33.1 Å². The summed E-state index contributed by atoms with van der Waals surface area (Å²) in [7, 11) is -4.11. The number of fused-ring (bicyclic) bond motifs is 1. The molecule has 0 spiro atoms. The quantitative estimate of drug-likeness (QED) is 0.309. The van der Waals surface area contributed by atoms with Crippen LogP contribution in [-0.2, 0) is 14.8 Å². The minimum absolute atomic E-state index is 0.0419. The maximum atomic E-state index is 14.1. The number of nitrogens with zero attached hydrogens (tertiary/aromatic N) is 1. The molecule has 0 aromatic heterocycles. The van der Waals surface area contributed by atoms with E-state index in [1.807, 2.05) is 0 Å². The number of benzene rings is 3. The Bertz CT molecular complexity index is 1470. The van der Waals surface area contributed by atoms with Crippen molar-refractivity contribution < 1.29 is 31.1 Å². The van der Waals surface area contributed by atoms with E-state index < -0.39 is 39.2 Å². The largest absolute Gasteiger partial charge is 0.486 e. The van der Waals surface area contributed by atoms with Gasteiger partial charge >= 0.3 is 0 Å². The number of Topliss-reactive ketones (excluding diaryl/α,β-unsaturated/α-hetero) is 1. The highest BCUT2D eigenvalue weighted by Crippen LogP contribution is 2.42. The Morgan fingerprint density at radius 2 is 1.86 bits per heavy atom. The second-order valence-corrected chi connectivity index (χ2v) is 11.7. The van der Waals surface area contributed by atoms with E-state index in [9.17, 15) is 26.4 Å². The third-order valence-electron chi connectivity index (χ3n) is 6.13. The van der Waals surface area contributed by atoms with Crippen LogP contribution < -0.4 is 9.04 Å². The second kappa shape index (κ2) is 10.0. The fourth-order valence-electron chi connectivity index (χ4n) is 4.12. The topological polar surface area (TPSA) is 63.7 Å². The zero-order valence-corrected chi connectivity index (χ0v) is 22.0. The molecule has 0 unspecified atom stereocenters. The number of alkyl halides is 1. The minimum atomic E-state index is -4.11. The molecule has 0 saturated heterocycles. The summed E-state index contributed by atoms with van der Waals surface area (Å²) in [5, 5.41) is -0.309.